The second kappa shape index (κ2) is 9.72. The van der Waals surface area contributed by atoms with E-state index in [1.807, 2.05) is 0 Å². The van der Waals surface area contributed by atoms with Crippen LogP contribution in [0.1, 0.15) is 11.7 Å². The molecule has 4 atom stereocenters. The molecule has 2 N–H and O–H groups in total. The maximum absolute atomic E-state index is 13.0. The molecule has 1 fully saturated rings. The minimum Gasteiger partial charge on any atom is -0.477 e. The highest BCUT2D eigenvalue weighted by Gasteiger charge is 2.57. The molecule has 0 radical (unpaired) electrons. The number of nitrogens with one attached hydrogen (secondary N) is 1. The van der Waals surface area contributed by atoms with Crippen molar-refractivity contribution >= 4 is 46.8 Å². The molecule has 3 heterocycles. The number of carboxylic acid groups (broad SMARTS) is 1. The fourth-order valence-electron chi connectivity index (χ4n) is 3.66. The number of hydrogen-bond acceptors (Lipinski definition) is 10. The van der Waals surface area contributed by atoms with Crippen LogP contribution in [-0.4, -0.2) is 81.6 Å². The third kappa shape index (κ3) is 4.31. The highest BCUT2D eigenvalue weighted by molar-refractivity contribution is 7.99. The molecule has 178 valence electrons. The molecule has 0 aliphatic carbocycles. The van der Waals surface area contributed by atoms with Crippen molar-refractivity contribution in [3.8, 4) is 0 Å². The molecule has 34 heavy (non-hydrogen) atoms. The molecule has 2 amide bonds. The van der Waals surface area contributed by atoms with E-state index in [-0.39, 0.29) is 23.7 Å². The number of β-lactam (4-membered cyclic amide) rings is 1. The number of fused-ring (bicyclic) bond motifs is 1. The van der Waals surface area contributed by atoms with Gasteiger partial charge in [-0.25, -0.2) is 9.48 Å². The lowest BCUT2D eigenvalue weighted by atomic mass is 10.0. The van der Waals surface area contributed by atoms with Gasteiger partial charge in [-0.3, -0.25) is 23.5 Å². The van der Waals surface area contributed by atoms with Crippen LogP contribution in [0, 0.1) is 0 Å². The maximum Gasteiger partial charge on any atom is 0.352 e. The molecule has 13 nitrogen and oxygen atoms in total. The van der Waals surface area contributed by atoms with E-state index in [1.165, 1.54) is 4.68 Å². The zero-order chi connectivity index (χ0) is 24.4. The highest BCUT2D eigenvalue weighted by Crippen LogP contribution is 2.36. The Labute approximate surface area is 199 Å². The molecule has 0 spiro atoms. The first-order valence-electron chi connectivity index (χ1n) is 9.78. The van der Waals surface area contributed by atoms with E-state index in [2.05, 4.69) is 20.8 Å². The van der Waals surface area contributed by atoms with Gasteiger partial charge in [0.1, 0.15) is 17.1 Å². The van der Waals surface area contributed by atoms with E-state index in [9.17, 15) is 28.5 Å². The Morgan fingerprint density at radius 1 is 1.38 bits per heavy atom. The lowest BCUT2D eigenvalue weighted by Gasteiger charge is -2.49. The normalized spacial score (nSPS) is 22.4. The van der Waals surface area contributed by atoms with Gasteiger partial charge in [-0.1, -0.05) is 42.1 Å². The summed E-state index contributed by atoms with van der Waals surface area (Å²) in [5, 5.41) is 22.6. The molecule has 3 unspecified atom stereocenters. The van der Waals surface area contributed by atoms with Gasteiger partial charge in [-0.05, 0) is 16.0 Å². The monoisotopic (exact) mass is 506 g/mol. The summed E-state index contributed by atoms with van der Waals surface area (Å²) in [4.78, 5) is 49.5. The number of thioether (sulfide) groups is 1. The van der Waals surface area contributed by atoms with E-state index < -0.39 is 46.1 Å². The molecule has 15 heteroatoms. The number of aromatic nitrogens is 4. The molecule has 0 bridgehead atoms. The van der Waals surface area contributed by atoms with E-state index in [0.29, 0.717) is 16.3 Å². The van der Waals surface area contributed by atoms with Gasteiger partial charge in [-0.2, -0.15) is 0 Å². The molecule has 4 rings (SSSR count). The number of rotatable bonds is 9. The van der Waals surface area contributed by atoms with Gasteiger partial charge in [0.2, 0.25) is 11.3 Å². The number of carboxylic acids is 1. The number of amides is 2. The fourth-order valence-corrected chi connectivity index (χ4v) is 6.34. The second-order valence-electron chi connectivity index (χ2n) is 7.26. The predicted octanol–water partition coefficient (Wildman–Crippen LogP) is -1.03. The maximum atomic E-state index is 13.0. The average Bonchev–Trinajstić information content (AvgIpc) is 3.23. The number of ether oxygens (including phenoxy) is 1. The van der Waals surface area contributed by atoms with Crippen LogP contribution in [0.2, 0.25) is 0 Å². The first kappa shape index (κ1) is 23.6. The number of carbonyl (C=O) groups is 4. The predicted molar refractivity (Wildman–Crippen MR) is 116 cm³/mol. The molecule has 2 aliphatic rings. The van der Waals surface area contributed by atoms with Crippen molar-refractivity contribution in [1.29, 1.82) is 0 Å². The summed E-state index contributed by atoms with van der Waals surface area (Å²) in [7, 11) is -0.0726. The summed E-state index contributed by atoms with van der Waals surface area (Å²) in [6.45, 7) is 0.118. The van der Waals surface area contributed by atoms with Crippen LogP contribution < -0.4 is 5.32 Å². The zero-order valence-electron chi connectivity index (χ0n) is 17.6. The first-order valence-corrected chi connectivity index (χ1v) is 12.2. The van der Waals surface area contributed by atoms with Gasteiger partial charge < -0.3 is 15.2 Å². The SMILES string of the molecule is Cn1nnnc1SCC1=C(C(=O)O)N2C(=O)C(NC(=O)C(OC=O)c3ccccc3)[C@@H]2S(=O)C1. The standard InChI is InChI=1S/C19H18N6O7S2/c1-24-19(21-22-23-24)33-7-11-8-34(31)17-12(16(28)25(17)13(11)18(29)30)20-15(27)14(32-9-26)10-5-3-2-4-6-10/h2-6,9,12,14,17H,7-8H2,1H3,(H,20,27)(H,29,30)/t12?,14?,17-,34?/m0/s1. The van der Waals surface area contributed by atoms with E-state index in [4.69, 9.17) is 4.74 Å². The Balaban J connectivity index is 1.53. The smallest absolute Gasteiger partial charge is 0.352 e. The van der Waals surface area contributed by atoms with Crippen LogP contribution in [0.4, 0.5) is 0 Å². The van der Waals surface area contributed by atoms with Crippen LogP contribution in [0.3, 0.4) is 0 Å². The van der Waals surface area contributed by atoms with Gasteiger partial charge >= 0.3 is 5.97 Å². The number of carbonyl (C=O) groups excluding carboxylic acids is 3. The molecule has 2 aliphatic heterocycles. The van der Waals surface area contributed by atoms with Crippen molar-refractivity contribution < 1.29 is 33.2 Å². The lowest BCUT2D eigenvalue weighted by Crippen LogP contribution is -2.74. The summed E-state index contributed by atoms with van der Waals surface area (Å²) >= 11 is 1.14. The van der Waals surface area contributed by atoms with Crippen molar-refractivity contribution in [2.45, 2.75) is 22.7 Å². The summed E-state index contributed by atoms with van der Waals surface area (Å²) in [5.74, 6) is -2.85. The molecular formula is C19H18N6O7S2. The fraction of sp³-hybridized carbons (Fsp3) is 0.316. The van der Waals surface area contributed by atoms with Gasteiger partial charge in [0.05, 0.1) is 16.6 Å². The molecule has 1 aromatic heterocycles. The van der Waals surface area contributed by atoms with Gasteiger partial charge in [0, 0.05) is 18.4 Å². The molecule has 1 saturated heterocycles. The van der Waals surface area contributed by atoms with Crippen molar-refractivity contribution in [3.05, 3.63) is 47.2 Å². The third-order valence-corrected chi connectivity index (χ3v) is 7.95. The molecule has 2 aromatic rings. The summed E-state index contributed by atoms with van der Waals surface area (Å²) in [6.07, 6.45) is -1.32. The Kier molecular flexibility index (Phi) is 6.74. The van der Waals surface area contributed by atoms with Crippen molar-refractivity contribution in [2.75, 3.05) is 11.5 Å². The van der Waals surface area contributed by atoms with Crippen LogP contribution in [0.5, 0.6) is 0 Å². The topological polar surface area (TPSA) is 174 Å². The first-order chi connectivity index (χ1) is 16.3. The van der Waals surface area contributed by atoms with Crippen LogP contribution in [-0.2, 0) is 41.8 Å². The van der Waals surface area contributed by atoms with Crippen molar-refractivity contribution in [2.24, 2.45) is 7.05 Å². The minimum absolute atomic E-state index is 0.103. The third-order valence-electron chi connectivity index (χ3n) is 5.19. The number of hydrogen-bond donors (Lipinski definition) is 2. The quantitative estimate of drug-likeness (QED) is 0.242. The number of aliphatic carboxylic acids is 1. The Morgan fingerprint density at radius 2 is 2.12 bits per heavy atom. The van der Waals surface area contributed by atoms with E-state index >= 15 is 0 Å². The number of benzene rings is 1. The van der Waals surface area contributed by atoms with Crippen LogP contribution in [0.25, 0.3) is 0 Å². The van der Waals surface area contributed by atoms with E-state index in [0.717, 1.165) is 16.7 Å². The van der Waals surface area contributed by atoms with Crippen molar-refractivity contribution in [3.63, 3.8) is 0 Å². The number of nitrogens with zero attached hydrogens (tertiary/aromatic N) is 5. The molecular weight excluding hydrogens is 488 g/mol. The second-order valence-corrected chi connectivity index (χ2v) is 9.74. The number of aryl methyl sites for hydroxylation is 1. The minimum atomic E-state index is -1.69. The average molecular weight is 507 g/mol. The Hall–Kier alpha value is -3.59. The summed E-state index contributed by atoms with van der Waals surface area (Å²) < 4.78 is 19.3. The van der Waals surface area contributed by atoms with Crippen LogP contribution in [0.15, 0.2) is 46.8 Å². The number of tetrazole rings is 1. The Morgan fingerprint density at radius 3 is 2.74 bits per heavy atom. The largest absolute Gasteiger partial charge is 0.477 e. The van der Waals surface area contributed by atoms with Gasteiger partial charge in [0.15, 0.2) is 0 Å². The summed E-state index contributed by atoms with van der Waals surface area (Å²) in [5.41, 5.74) is 0.398. The molecule has 0 saturated carbocycles. The van der Waals surface area contributed by atoms with Crippen LogP contribution >= 0.6 is 11.8 Å². The van der Waals surface area contributed by atoms with Gasteiger partial charge in [0.25, 0.3) is 18.3 Å². The Bertz CT molecular complexity index is 1200. The zero-order valence-corrected chi connectivity index (χ0v) is 19.2. The lowest BCUT2D eigenvalue weighted by molar-refractivity contribution is -0.154. The summed E-state index contributed by atoms with van der Waals surface area (Å²) in [6, 6.07) is 6.94. The van der Waals surface area contributed by atoms with E-state index in [1.54, 1.807) is 37.4 Å². The van der Waals surface area contributed by atoms with Gasteiger partial charge in [-0.15, -0.1) is 5.10 Å². The highest BCUT2D eigenvalue weighted by atomic mass is 32.2. The van der Waals surface area contributed by atoms with Crippen molar-refractivity contribution in [1.82, 2.24) is 30.4 Å². The molecule has 1 aromatic carbocycles.